The molecule has 1 aromatic rings. The van der Waals surface area contributed by atoms with Crippen molar-refractivity contribution in [3.05, 3.63) is 28.2 Å². The molecule has 0 radical (unpaired) electrons. The topological polar surface area (TPSA) is 44.6 Å². The zero-order valence-electron chi connectivity index (χ0n) is 8.70. The lowest BCUT2D eigenvalue weighted by Gasteiger charge is -2.00. The molecule has 0 aromatic heterocycles. The third-order valence-corrected chi connectivity index (χ3v) is 2.56. The second kappa shape index (κ2) is 6.58. The summed E-state index contributed by atoms with van der Waals surface area (Å²) in [5, 5.41) is 12.8. The van der Waals surface area contributed by atoms with Gasteiger partial charge in [0, 0.05) is 18.3 Å². The van der Waals surface area contributed by atoms with Crippen LogP contribution >= 0.6 is 15.9 Å². The number of likely N-dealkylation sites (N-methyl/N-ethyl adjacent to an activating group) is 1. The minimum absolute atomic E-state index is 0.240. The van der Waals surface area contributed by atoms with Crippen molar-refractivity contribution >= 4 is 22.1 Å². The average molecular weight is 271 g/mol. The summed E-state index contributed by atoms with van der Waals surface area (Å²) in [6, 6.07) is 5.50. The van der Waals surface area contributed by atoms with Crippen molar-refractivity contribution in [3.8, 4) is 5.75 Å². The minimum atomic E-state index is 0.240. The van der Waals surface area contributed by atoms with Crippen molar-refractivity contribution < 1.29 is 5.11 Å². The highest BCUT2D eigenvalue weighted by Crippen LogP contribution is 2.25. The summed E-state index contributed by atoms with van der Waals surface area (Å²) < 4.78 is 0.693. The first kappa shape index (κ1) is 12.2. The van der Waals surface area contributed by atoms with E-state index < -0.39 is 0 Å². The van der Waals surface area contributed by atoms with Crippen molar-refractivity contribution in [2.24, 2.45) is 4.99 Å². The Kier molecular flexibility index (Phi) is 5.36. The maximum Gasteiger partial charge on any atom is 0.138 e. The first-order valence-corrected chi connectivity index (χ1v) is 5.73. The summed E-state index contributed by atoms with van der Waals surface area (Å²) in [5.74, 6) is 0.240. The van der Waals surface area contributed by atoms with E-state index in [9.17, 15) is 5.11 Å². The molecule has 0 aliphatic carbocycles. The van der Waals surface area contributed by atoms with Crippen LogP contribution in [0.5, 0.6) is 5.75 Å². The van der Waals surface area contributed by atoms with Gasteiger partial charge >= 0.3 is 0 Å². The summed E-state index contributed by atoms with van der Waals surface area (Å²) >= 11 is 3.26. The highest BCUT2D eigenvalue weighted by atomic mass is 79.9. The number of phenolic OH excluding ortho intramolecular Hbond substituents is 1. The molecule has 4 heteroatoms. The molecule has 0 aliphatic heterocycles. The van der Waals surface area contributed by atoms with Crippen LogP contribution in [0, 0.1) is 0 Å². The Bertz CT molecular complexity index is 339. The van der Waals surface area contributed by atoms with E-state index >= 15 is 0 Å². The van der Waals surface area contributed by atoms with E-state index in [1.165, 1.54) is 0 Å². The van der Waals surface area contributed by atoms with Crippen LogP contribution in [0.4, 0.5) is 0 Å². The number of nitrogens with one attached hydrogen (secondary N) is 1. The Hall–Kier alpha value is -0.870. The Morgan fingerprint density at radius 3 is 3.07 bits per heavy atom. The average Bonchev–Trinajstić information content (AvgIpc) is 2.24. The summed E-state index contributed by atoms with van der Waals surface area (Å²) in [7, 11) is 0. The third kappa shape index (κ3) is 4.01. The van der Waals surface area contributed by atoms with E-state index in [4.69, 9.17) is 0 Å². The predicted octanol–water partition coefficient (Wildman–Crippen LogP) is 2.18. The van der Waals surface area contributed by atoms with E-state index in [2.05, 4.69) is 33.2 Å². The van der Waals surface area contributed by atoms with Gasteiger partial charge in [0.05, 0.1) is 11.0 Å². The second-order valence-corrected chi connectivity index (χ2v) is 3.92. The first-order valence-electron chi connectivity index (χ1n) is 4.93. The number of nitrogens with zero attached hydrogens (tertiary/aromatic N) is 1. The largest absolute Gasteiger partial charge is 0.506 e. The normalized spacial score (nSPS) is 11.1. The van der Waals surface area contributed by atoms with Crippen LogP contribution in [0.25, 0.3) is 0 Å². The Morgan fingerprint density at radius 2 is 2.33 bits per heavy atom. The first-order chi connectivity index (χ1) is 7.25. The number of phenols is 1. The van der Waals surface area contributed by atoms with Gasteiger partial charge in [0.15, 0.2) is 0 Å². The van der Waals surface area contributed by atoms with Crippen LogP contribution in [0.1, 0.15) is 12.5 Å². The van der Waals surface area contributed by atoms with Gasteiger partial charge < -0.3 is 10.4 Å². The highest BCUT2D eigenvalue weighted by molar-refractivity contribution is 9.10. The molecule has 0 saturated heterocycles. The van der Waals surface area contributed by atoms with E-state index in [1.807, 2.05) is 12.1 Å². The van der Waals surface area contributed by atoms with Gasteiger partial charge in [0.1, 0.15) is 5.75 Å². The van der Waals surface area contributed by atoms with Crippen LogP contribution in [0.15, 0.2) is 27.7 Å². The van der Waals surface area contributed by atoms with Gasteiger partial charge in [-0.3, -0.25) is 4.99 Å². The van der Waals surface area contributed by atoms with Gasteiger partial charge in [-0.15, -0.1) is 0 Å². The SMILES string of the molecule is CCNCCN=Cc1cccc(Br)c1O. The lowest BCUT2D eigenvalue weighted by Crippen LogP contribution is -2.16. The fourth-order valence-corrected chi connectivity index (χ4v) is 1.50. The number of aromatic hydroxyl groups is 1. The molecule has 0 atom stereocenters. The fraction of sp³-hybridized carbons (Fsp3) is 0.364. The number of hydrogen-bond donors (Lipinski definition) is 2. The number of aliphatic imine (C=N–C) groups is 1. The van der Waals surface area contributed by atoms with Crippen LogP contribution in [-0.4, -0.2) is 31.0 Å². The van der Waals surface area contributed by atoms with Gasteiger partial charge in [0.25, 0.3) is 0 Å². The van der Waals surface area contributed by atoms with Crippen LogP contribution in [-0.2, 0) is 0 Å². The standard InChI is InChI=1S/C11H15BrN2O/c1-2-13-6-7-14-8-9-4-3-5-10(12)11(9)15/h3-5,8,13,15H,2,6-7H2,1H3. The summed E-state index contributed by atoms with van der Waals surface area (Å²) in [5.41, 5.74) is 0.737. The number of benzene rings is 1. The third-order valence-electron chi connectivity index (χ3n) is 1.92. The molecule has 15 heavy (non-hydrogen) atoms. The summed E-state index contributed by atoms with van der Waals surface area (Å²) in [6.07, 6.45) is 1.69. The van der Waals surface area contributed by atoms with Crippen LogP contribution in [0.3, 0.4) is 0 Å². The van der Waals surface area contributed by atoms with Crippen molar-refractivity contribution in [3.63, 3.8) is 0 Å². The minimum Gasteiger partial charge on any atom is -0.506 e. The smallest absolute Gasteiger partial charge is 0.138 e. The quantitative estimate of drug-likeness (QED) is 0.637. The van der Waals surface area contributed by atoms with Gasteiger partial charge in [-0.25, -0.2) is 0 Å². The molecule has 0 unspecified atom stereocenters. The van der Waals surface area contributed by atoms with Crippen LogP contribution < -0.4 is 5.32 Å². The van der Waals surface area contributed by atoms with Gasteiger partial charge in [-0.05, 0) is 34.6 Å². The van der Waals surface area contributed by atoms with Crippen molar-refractivity contribution in [1.29, 1.82) is 0 Å². The molecule has 3 nitrogen and oxygen atoms in total. The molecule has 1 rings (SSSR count). The summed E-state index contributed by atoms with van der Waals surface area (Å²) in [4.78, 5) is 4.21. The highest BCUT2D eigenvalue weighted by Gasteiger charge is 2.00. The van der Waals surface area contributed by atoms with Gasteiger partial charge in [0.2, 0.25) is 0 Å². The number of para-hydroxylation sites is 1. The number of hydrogen-bond acceptors (Lipinski definition) is 3. The summed E-state index contributed by atoms with van der Waals surface area (Å²) in [6.45, 7) is 4.60. The van der Waals surface area contributed by atoms with Crippen molar-refractivity contribution in [1.82, 2.24) is 5.32 Å². The van der Waals surface area contributed by atoms with Crippen LogP contribution in [0.2, 0.25) is 0 Å². The van der Waals surface area contributed by atoms with E-state index in [1.54, 1.807) is 12.3 Å². The molecule has 0 aliphatic rings. The number of rotatable bonds is 5. The van der Waals surface area contributed by atoms with Gasteiger partial charge in [-0.2, -0.15) is 0 Å². The van der Waals surface area contributed by atoms with E-state index in [0.717, 1.165) is 25.2 Å². The monoisotopic (exact) mass is 270 g/mol. The van der Waals surface area contributed by atoms with E-state index in [-0.39, 0.29) is 5.75 Å². The lowest BCUT2D eigenvalue weighted by molar-refractivity contribution is 0.471. The maximum atomic E-state index is 9.65. The molecule has 0 spiro atoms. The van der Waals surface area contributed by atoms with Crippen molar-refractivity contribution in [2.45, 2.75) is 6.92 Å². The Balaban J connectivity index is 2.53. The molecule has 0 fully saturated rings. The molecular formula is C11H15BrN2O. The zero-order valence-corrected chi connectivity index (χ0v) is 10.3. The zero-order chi connectivity index (χ0) is 11.1. The molecule has 82 valence electrons. The maximum absolute atomic E-state index is 9.65. The predicted molar refractivity (Wildman–Crippen MR) is 66.8 cm³/mol. The Labute approximate surface area is 98.4 Å². The molecule has 0 saturated carbocycles. The molecule has 1 aromatic carbocycles. The fourth-order valence-electron chi connectivity index (χ4n) is 1.12. The lowest BCUT2D eigenvalue weighted by atomic mass is 10.2. The molecule has 0 amide bonds. The van der Waals surface area contributed by atoms with Gasteiger partial charge in [-0.1, -0.05) is 13.0 Å². The number of halogens is 1. The molecule has 2 N–H and O–H groups in total. The molecule has 0 heterocycles. The van der Waals surface area contributed by atoms with Crippen molar-refractivity contribution in [2.75, 3.05) is 19.6 Å². The molecular weight excluding hydrogens is 256 g/mol. The van der Waals surface area contributed by atoms with E-state index in [0.29, 0.717) is 4.47 Å². The Morgan fingerprint density at radius 1 is 1.53 bits per heavy atom. The second-order valence-electron chi connectivity index (χ2n) is 3.07. The molecule has 0 bridgehead atoms.